The minimum Gasteiger partial charge on any atom is -0.382 e. The van der Waals surface area contributed by atoms with Crippen LogP contribution in [-0.2, 0) is 0 Å². The minimum absolute atomic E-state index is 0.403. The summed E-state index contributed by atoms with van der Waals surface area (Å²) in [6.45, 7) is 7.85. The molecule has 1 aromatic heterocycles. The topological polar surface area (TPSA) is 37.0 Å². The van der Waals surface area contributed by atoms with Crippen LogP contribution in [0, 0.1) is 5.41 Å². The van der Waals surface area contributed by atoms with Gasteiger partial charge in [-0.05, 0) is 30.7 Å². The van der Waals surface area contributed by atoms with Crippen LogP contribution in [0.5, 0.6) is 0 Å². The zero-order valence-electron chi connectivity index (χ0n) is 11.8. The highest BCUT2D eigenvalue weighted by Crippen LogP contribution is 2.39. The molecule has 0 amide bonds. The second-order valence-electron chi connectivity index (χ2n) is 5.93. The van der Waals surface area contributed by atoms with Crippen molar-refractivity contribution < 1.29 is 0 Å². The van der Waals surface area contributed by atoms with Gasteiger partial charge in [0.2, 0.25) is 0 Å². The minimum atomic E-state index is 0.403. The van der Waals surface area contributed by atoms with Crippen molar-refractivity contribution in [1.82, 2.24) is 4.98 Å². The van der Waals surface area contributed by atoms with E-state index in [1.54, 1.807) is 0 Å². The lowest BCUT2D eigenvalue weighted by Crippen LogP contribution is -2.30. The van der Waals surface area contributed by atoms with Gasteiger partial charge in [-0.1, -0.05) is 27.2 Å². The van der Waals surface area contributed by atoms with Gasteiger partial charge in [-0.15, -0.1) is 0 Å². The van der Waals surface area contributed by atoms with Crippen LogP contribution < -0.4 is 10.6 Å². The summed E-state index contributed by atoms with van der Waals surface area (Å²) in [5.74, 6) is 0.970. The predicted octanol–water partition coefficient (Wildman–Crippen LogP) is 3.89. The number of nitrogens with one attached hydrogen (secondary N) is 2. The largest absolute Gasteiger partial charge is 0.382 e. The molecule has 1 heterocycles. The first-order valence-corrected chi connectivity index (χ1v) is 7.08. The first kappa shape index (κ1) is 13.2. The summed E-state index contributed by atoms with van der Waals surface area (Å²) in [6.07, 6.45) is 6.91. The fraction of sp³-hybridized carbons (Fsp3) is 0.667. The summed E-state index contributed by atoms with van der Waals surface area (Å²) in [5, 5.41) is 7.00. The van der Waals surface area contributed by atoms with E-state index in [0.717, 1.165) is 18.8 Å². The lowest BCUT2D eigenvalue weighted by Gasteiger charge is -2.28. The summed E-state index contributed by atoms with van der Waals surface area (Å²) in [7, 11) is 0. The van der Waals surface area contributed by atoms with Crippen molar-refractivity contribution >= 4 is 11.5 Å². The van der Waals surface area contributed by atoms with Crippen LogP contribution in [0.4, 0.5) is 11.5 Å². The van der Waals surface area contributed by atoms with Crippen molar-refractivity contribution in [2.45, 2.75) is 52.5 Å². The second-order valence-corrected chi connectivity index (χ2v) is 5.93. The lowest BCUT2D eigenvalue weighted by molar-refractivity contribution is 0.350. The number of pyridine rings is 1. The summed E-state index contributed by atoms with van der Waals surface area (Å²) >= 11 is 0. The van der Waals surface area contributed by atoms with Crippen LogP contribution >= 0.6 is 0 Å². The zero-order chi connectivity index (χ0) is 13.0. The number of hydrogen-bond acceptors (Lipinski definition) is 3. The molecule has 0 saturated heterocycles. The molecule has 1 saturated carbocycles. The Kier molecular flexibility index (Phi) is 4.10. The molecule has 0 aliphatic heterocycles. The summed E-state index contributed by atoms with van der Waals surface area (Å²) in [5.41, 5.74) is 1.59. The second kappa shape index (κ2) is 5.59. The Balaban J connectivity index is 2.00. The summed E-state index contributed by atoms with van der Waals surface area (Å²) in [6, 6.07) is 4.76. The normalized spacial score (nSPS) is 21.8. The molecular formula is C15H25N3. The van der Waals surface area contributed by atoms with Crippen molar-refractivity contribution in [2.75, 3.05) is 17.2 Å². The Morgan fingerprint density at radius 3 is 2.94 bits per heavy atom. The molecule has 1 fully saturated rings. The predicted molar refractivity (Wildman–Crippen MR) is 78.1 cm³/mol. The standard InChI is InChI=1S/C15H25N3/c1-4-9-16-14-11-12(7-10-17-14)18-13-6-5-8-15(13,2)3/h7,10-11,13H,4-6,8-9H2,1-3H3,(H2,16,17,18). The molecule has 100 valence electrons. The van der Waals surface area contributed by atoms with Crippen molar-refractivity contribution in [3.05, 3.63) is 18.3 Å². The Morgan fingerprint density at radius 2 is 2.28 bits per heavy atom. The van der Waals surface area contributed by atoms with Gasteiger partial charge in [-0.2, -0.15) is 0 Å². The smallest absolute Gasteiger partial charge is 0.127 e. The van der Waals surface area contributed by atoms with Gasteiger partial charge >= 0.3 is 0 Å². The van der Waals surface area contributed by atoms with Gasteiger partial charge < -0.3 is 10.6 Å². The van der Waals surface area contributed by atoms with Gasteiger partial charge in [0.15, 0.2) is 0 Å². The zero-order valence-corrected chi connectivity index (χ0v) is 11.8. The molecule has 3 heteroatoms. The van der Waals surface area contributed by atoms with E-state index in [1.807, 2.05) is 6.20 Å². The lowest BCUT2D eigenvalue weighted by atomic mass is 9.87. The van der Waals surface area contributed by atoms with Crippen LogP contribution in [0.25, 0.3) is 0 Å². The number of aromatic nitrogens is 1. The number of rotatable bonds is 5. The van der Waals surface area contributed by atoms with E-state index in [0.29, 0.717) is 11.5 Å². The van der Waals surface area contributed by atoms with E-state index in [2.05, 4.69) is 48.5 Å². The molecule has 0 spiro atoms. The highest BCUT2D eigenvalue weighted by Gasteiger charge is 2.34. The number of anilines is 2. The average Bonchev–Trinajstić information content (AvgIpc) is 2.67. The van der Waals surface area contributed by atoms with E-state index in [1.165, 1.54) is 24.9 Å². The Hall–Kier alpha value is -1.25. The van der Waals surface area contributed by atoms with E-state index >= 15 is 0 Å². The fourth-order valence-electron chi connectivity index (χ4n) is 2.67. The first-order chi connectivity index (χ1) is 8.62. The maximum atomic E-state index is 4.34. The van der Waals surface area contributed by atoms with Gasteiger partial charge in [0, 0.05) is 30.5 Å². The van der Waals surface area contributed by atoms with Gasteiger partial charge in [0.05, 0.1) is 0 Å². The van der Waals surface area contributed by atoms with Crippen LogP contribution in [-0.4, -0.2) is 17.6 Å². The highest BCUT2D eigenvalue weighted by atomic mass is 15.0. The maximum Gasteiger partial charge on any atom is 0.127 e. The molecule has 1 aliphatic carbocycles. The molecule has 1 aromatic rings. The summed E-state index contributed by atoms with van der Waals surface area (Å²) in [4.78, 5) is 4.34. The Labute approximate surface area is 110 Å². The molecule has 2 rings (SSSR count). The molecule has 1 aliphatic rings. The van der Waals surface area contributed by atoms with Crippen LogP contribution in [0.15, 0.2) is 18.3 Å². The Bertz CT molecular complexity index is 387. The van der Waals surface area contributed by atoms with Gasteiger partial charge in [0.25, 0.3) is 0 Å². The van der Waals surface area contributed by atoms with Gasteiger partial charge in [0.1, 0.15) is 5.82 Å². The molecule has 2 N–H and O–H groups in total. The molecule has 3 nitrogen and oxygen atoms in total. The summed E-state index contributed by atoms with van der Waals surface area (Å²) < 4.78 is 0. The van der Waals surface area contributed by atoms with E-state index < -0.39 is 0 Å². The fourth-order valence-corrected chi connectivity index (χ4v) is 2.67. The SMILES string of the molecule is CCCNc1cc(NC2CCCC2(C)C)ccn1. The van der Waals surface area contributed by atoms with Crippen LogP contribution in [0.3, 0.4) is 0 Å². The van der Waals surface area contributed by atoms with E-state index in [-0.39, 0.29) is 0 Å². The molecule has 0 aromatic carbocycles. The number of nitrogens with zero attached hydrogens (tertiary/aromatic N) is 1. The molecular weight excluding hydrogens is 222 g/mol. The van der Waals surface area contributed by atoms with Crippen molar-refractivity contribution in [3.8, 4) is 0 Å². The quantitative estimate of drug-likeness (QED) is 0.828. The van der Waals surface area contributed by atoms with Crippen LogP contribution in [0.2, 0.25) is 0 Å². The van der Waals surface area contributed by atoms with Crippen molar-refractivity contribution in [1.29, 1.82) is 0 Å². The van der Waals surface area contributed by atoms with E-state index in [9.17, 15) is 0 Å². The molecule has 0 bridgehead atoms. The molecule has 18 heavy (non-hydrogen) atoms. The third-order valence-corrected chi connectivity index (χ3v) is 3.91. The maximum absolute atomic E-state index is 4.34. The molecule has 1 atom stereocenters. The van der Waals surface area contributed by atoms with Gasteiger partial charge in [-0.25, -0.2) is 4.98 Å². The molecule has 1 unspecified atom stereocenters. The van der Waals surface area contributed by atoms with E-state index in [4.69, 9.17) is 0 Å². The highest BCUT2D eigenvalue weighted by molar-refractivity contribution is 5.52. The third-order valence-electron chi connectivity index (χ3n) is 3.91. The Morgan fingerprint density at radius 1 is 1.44 bits per heavy atom. The first-order valence-electron chi connectivity index (χ1n) is 7.08. The van der Waals surface area contributed by atoms with Gasteiger partial charge in [-0.3, -0.25) is 0 Å². The third kappa shape index (κ3) is 3.15. The monoisotopic (exact) mass is 247 g/mol. The van der Waals surface area contributed by atoms with Crippen molar-refractivity contribution in [2.24, 2.45) is 5.41 Å². The van der Waals surface area contributed by atoms with Crippen LogP contribution in [0.1, 0.15) is 46.5 Å². The number of hydrogen-bond donors (Lipinski definition) is 2. The average molecular weight is 247 g/mol. The van der Waals surface area contributed by atoms with Crippen molar-refractivity contribution in [3.63, 3.8) is 0 Å². The molecule has 0 radical (unpaired) electrons.